The second kappa shape index (κ2) is 11.5. The van der Waals surface area contributed by atoms with Crippen molar-refractivity contribution < 1.29 is 14.3 Å². The van der Waals surface area contributed by atoms with Crippen molar-refractivity contribution in [2.45, 2.75) is 19.3 Å². The summed E-state index contributed by atoms with van der Waals surface area (Å²) in [5, 5.41) is 3.32. The Bertz CT molecular complexity index is 698. The van der Waals surface area contributed by atoms with Gasteiger partial charge in [0.15, 0.2) is 0 Å². The van der Waals surface area contributed by atoms with E-state index in [0.29, 0.717) is 32.8 Å². The van der Waals surface area contributed by atoms with E-state index < -0.39 is 0 Å². The SMILES string of the molecule is O=C(CCNCCCOc1ccc(Cc2ccccc2)cc1)N1CCOCC1. The maximum absolute atomic E-state index is 12.0. The molecule has 1 amide bonds. The predicted octanol–water partition coefficient (Wildman–Crippen LogP) is 2.88. The molecule has 5 nitrogen and oxygen atoms in total. The molecule has 0 unspecified atom stereocenters. The number of carbonyl (C=O) groups excluding carboxylic acids is 1. The predicted molar refractivity (Wildman–Crippen MR) is 111 cm³/mol. The van der Waals surface area contributed by atoms with Crippen LogP contribution in [0.2, 0.25) is 0 Å². The molecule has 0 spiro atoms. The van der Waals surface area contributed by atoms with Crippen LogP contribution < -0.4 is 10.1 Å². The first-order valence-electron chi connectivity index (χ1n) is 10.1. The number of rotatable bonds is 10. The topological polar surface area (TPSA) is 50.8 Å². The van der Waals surface area contributed by atoms with Gasteiger partial charge in [0.25, 0.3) is 0 Å². The highest BCUT2D eigenvalue weighted by atomic mass is 16.5. The van der Waals surface area contributed by atoms with Gasteiger partial charge in [-0.05, 0) is 42.6 Å². The molecule has 0 atom stereocenters. The lowest BCUT2D eigenvalue weighted by Gasteiger charge is -2.26. The molecule has 0 saturated carbocycles. The Morgan fingerprint density at radius 1 is 0.964 bits per heavy atom. The van der Waals surface area contributed by atoms with Crippen molar-refractivity contribution in [1.29, 1.82) is 0 Å². The lowest BCUT2D eigenvalue weighted by Crippen LogP contribution is -2.41. The van der Waals surface area contributed by atoms with E-state index in [1.807, 2.05) is 23.1 Å². The zero-order valence-corrected chi connectivity index (χ0v) is 16.4. The van der Waals surface area contributed by atoms with E-state index in [0.717, 1.165) is 38.2 Å². The lowest BCUT2D eigenvalue weighted by molar-refractivity contribution is -0.135. The Hall–Kier alpha value is -2.37. The number of hydrogen-bond acceptors (Lipinski definition) is 4. The minimum absolute atomic E-state index is 0.211. The first-order chi connectivity index (χ1) is 13.8. The van der Waals surface area contributed by atoms with Gasteiger partial charge in [0.1, 0.15) is 5.75 Å². The molecule has 1 fully saturated rings. The van der Waals surface area contributed by atoms with E-state index in [1.54, 1.807) is 0 Å². The maximum atomic E-state index is 12.0. The number of hydrogen-bond donors (Lipinski definition) is 1. The van der Waals surface area contributed by atoms with Gasteiger partial charge in [0.05, 0.1) is 19.8 Å². The first kappa shape index (κ1) is 20.4. The summed E-state index contributed by atoms with van der Waals surface area (Å²) in [6.45, 7) is 4.98. The molecule has 2 aromatic rings. The number of amides is 1. The summed E-state index contributed by atoms with van der Waals surface area (Å²) in [5.74, 6) is 1.11. The molecule has 0 aliphatic carbocycles. The van der Waals surface area contributed by atoms with Crippen LogP contribution in [0.5, 0.6) is 5.75 Å². The Kier molecular flexibility index (Phi) is 8.34. The smallest absolute Gasteiger partial charge is 0.224 e. The molecule has 1 N–H and O–H groups in total. The Morgan fingerprint density at radius 2 is 1.68 bits per heavy atom. The molecule has 1 aliphatic heterocycles. The second-order valence-corrected chi connectivity index (χ2v) is 7.00. The summed E-state index contributed by atoms with van der Waals surface area (Å²) in [4.78, 5) is 13.9. The summed E-state index contributed by atoms with van der Waals surface area (Å²) < 4.78 is 11.1. The van der Waals surface area contributed by atoms with Crippen molar-refractivity contribution in [3.63, 3.8) is 0 Å². The Balaban J connectivity index is 1.24. The van der Waals surface area contributed by atoms with Crippen LogP contribution in [0.15, 0.2) is 54.6 Å². The van der Waals surface area contributed by atoms with Crippen molar-refractivity contribution in [2.24, 2.45) is 0 Å². The lowest BCUT2D eigenvalue weighted by atomic mass is 10.1. The van der Waals surface area contributed by atoms with Crippen LogP contribution in [0.25, 0.3) is 0 Å². The monoisotopic (exact) mass is 382 g/mol. The first-order valence-corrected chi connectivity index (χ1v) is 10.1. The molecule has 0 bridgehead atoms. The maximum Gasteiger partial charge on any atom is 0.224 e. The van der Waals surface area contributed by atoms with Crippen LogP contribution in [-0.4, -0.2) is 56.8 Å². The van der Waals surface area contributed by atoms with Crippen molar-refractivity contribution in [3.8, 4) is 5.75 Å². The Labute approximate surface area is 167 Å². The van der Waals surface area contributed by atoms with Gasteiger partial charge in [-0.2, -0.15) is 0 Å². The average molecular weight is 383 g/mol. The standard InChI is InChI=1S/C23H30N2O3/c26-23(25-14-17-27-18-15-25)11-13-24-12-4-16-28-22-9-7-21(8-10-22)19-20-5-2-1-3-6-20/h1-3,5-10,24H,4,11-19H2. The van der Waals surface area contributed by atoms with Crippen molar-refractivity contribution in [3.05, 3.63) is 65.7 Å². The molecule has 1 heterocycles. The van der Waals surface area contributed by atoms with E-state index in [2.05, 4.69) is 41.7 Å². The molecule has 1 aliphatic rings. The molecular weight excluding hydrogens is 352 g/mol. The zero-order valence-electron chi connectivity index (χ0n) is 16.4. The van der Waals surface area contributed by atoms with Crippen LogP contribution in [0, 0.1) is 0 Å². The van der Waals surface area contributed by atoms with E-state index in [4.69, 9.17) is 9.47 Å². The summed E-state index contributed by atoms with van der Waals surface area (Å²) >= 11 is 0. The largest absolute Gasteiger partial charge is 0.494 e. The van der Waals surface area contributed by atoms with Gasteiger partial charge in [-0.25, -0.2) is 0 Å². The van der Waals surface area contributed by atoms with Crippen molar-refractivity contribution >= 4 is 5.91 Å². The second-order valence-electron chi connectivity index (χ2n) is 7.00. The average Bonchev–Trinajstić information content (AvgIpc) is 2.75. The van der Waals surface area contributed by atoms with Gasteiger partial charge in [0.2, 0.25) is 5.91 Å². The summed E-state index contributed by atoms with van der Waals surface area (Å²) in [7, 11) is 0. The van der Waals surface area contributed by atoms with Gasteiger partial charge in [-0.3, -0.25) is 4.79 Å². The van der Waals surface area contributed by atoms with Gasteiger partial charge in [0, 0.05) is 26.1 Å². The van der Waals surface area contributed by atoms with E-state index in [1.165, 1.54) is 11.1 Å². The molecule has 1 saturated heterocycles. The highest BCUT2D eigenvalue weighted by Crippen LogP contribution is 2.15. The van der Waals surface area contributed by atoms with Crippen LogP contribution in [0.1, 0.15) is 24.0 Å². The molecule has 2 aromatic carbocycles. The highest BCUT2D eigenvalue weighted by molar-refractivity contribution is 5.76. The molecule has 0 radical (unpaired) electrons. The normalized spacial score (nSPS) is 14.1. The minimum atomic E-state index is 0.211. The van der Waals surface area contributed by atoms with E-state index >= 15 is 0 Å². The number of carbonyl (C=O) groups is 1. The van der Waals surface area contributed by atoms with Crippen LogP contribution in [-0.2, 0) is 16.0 Å². The van der Waals surface area contributed by atoms with E-state index in [-0.39, 0.29) is 5.91 Å². The van der Waals surface area contributed by atoms with Crippen molar-refractivity contribution in [2.75, 3.05) is 46.0 Å². The van der Waals surface area contributed by atoms with Gasteiger partial charge in [-0.1, -0.05) is 42.5 Å². The third kappa shape index (κ3) is 6.98. The fraction of sp³-hybridized carbons (Fsp3) is 0.435. The van der Waals surface area contributed by atoms with Gasteiger partial charge >= 0.3 is 0 Å². The fourth-order valence-corrected chi connectivity index (χ4v) is 3.21. The zero-order chi connectivity index (χ0) is 19.4. The Morgan fingerprint density at radius 3 is 2.43 bits per heavy atom. The van der Waals surface area contributed by atoms with E-state index in [9.17, 15) is 4.79 Å². The molecule has 28 heavy (non-hydrogen) atoms. The molecule has 0 aromatic heterocycles. The molecule has 3 rings (SSSR count). The number of nitrogens with one attached hydrogen (secondary N) is 1. The van der Waals surface area contributed by atoms with Gasteiger partial charge < -0.3 is 19.7 Å². The molecule has 5 heteroatoms. The molecular formula is C23H30N2O3. The third-order valence-corrected chi connectivity index (χ3v) is 4.82. The summed E-state index contributed by atoms with van der Waals surface area (Å²) in [6.07, 6.45) is 2.40. The quantitative estimate of drug-likeness (QED) is 0.642. The minimum Gasteiger partial charge on any atom is -0.494 e. The summed E-state index contributed by atoms with van der Waals surface area (Å²) in [6, 6.07) is 18.8. The number of ether oxygens (including phenoxy) is 2. The third-order valence-electron chi connectivity index (χ3n) is 4.82. The highest BCUT2D eigenvalue weighted by Gasteiger charge is 2.15. The fourth-order valence-electron chi connectivity index (χ4n) is 3.21. The summed E-state index contributed by atoms with van der Waals surface area (Å²) in [5.41, 5.74) is 2.60. The van der Waals surface area contributed by atoms with Crippen molar-refractivity contribution in [1.82, 2.24) is 10.2 Å². The van der Waals surface area contributed by atoms with Crippen LogP contribution >= 0.6 is 0 Å². The van der Waals surface area contributed by atoms with Crippen LogP contribution in [0.3, 0.4) is 0 Å². The van der Waals surface area contributed by atoms with Gasteiger partial charge in [-0.15, -0.1) is 0 Å². The number of nitrogens with zero attached hydrogens (tertiary/aromatic N) is 1. The number of morpholine rings is 1. The molecule has 150 valence electrons. The van der Waals surface area contributed by atoms with Crippen LogP contribution in [0.4, 0.5) is 0 Å². The number of benzene rings is 2.